The number of thiophene rings is 1. The van der Waals surface area contributed by atoms with Crippen LogP contribution in [-0.2, 0) is 17.9 Å². The van der Waals surface area contributed by atoms with Crippen molar-refractivity contribution in [2.45, 2.75) is 13.2 Å². The lowest BCUT2D eigenvalue weighted by molar-refractivity contribution is 0.101. The van der Waals surface area contributed by atoms with E-state index >= 15 is 0 Å². The van der Waals surface area contributed by atoms with Crippen LogP contribution in [0.2, 0.25) is 0 Å². The molecular formula is C21H25N5O2S. The van der Waals surface area contributed by atoms with E-state index in [1.807, 2.05) is 11.4 Å². The third-order valence-electron chi connectivity index (χ3n) is 3.94. The molecule has 0 aliphatic rings. The summed E-state index contributed by atoms with van der Waals surface area (Å²) in [5, 5.41) is 15.8. The van der Waals surface area contributed by atoms with Crippen LogP contribution >= 0.6 is 11.3 Å². The molecule has 2 aromatic rings. The van der Waals surface area contributed by atoms with Crippen LogP contribution in [0.15, 0.2) is 63.0 Å². The standard InChI is InChI=1S/C21H25N5O2S/c1-24-11-17(25-2)5-7-19(23)20-18(22)6-4-16(21(20)27-3)12-28-14-26-10-15-8-9-29-13-15/h4-9,11,13,23,26H,1-2,10,12,14,22H2,3H3/b7-5+,17-11-,23-19?. The van der Waals surface area contributed by atoms with Crippen molar-refractivity contribution in [3.05, 3.63) is 69.7 Å². The average Bonchev–Trinajstić information content (AvgIpc) is 3.24. The fraction of sp³-hybridized carbons (Fsp3) is 0.190. The molecule has 0 bridgehead atoms. The predicted octanol–water partition coefficient (Wildman–Crippen LogP) is 3.77. The van der Waals surface area contributed by atoms with Crippen LogP contribution in [0.3, 0.4) is 0 Å². The Labute approximate surface area is 174 Å². The molecule has 0 radical (unpaired) electrons. The molecule has 8 heteroatoms. The summed E-state index contributed by atoms with van der Waals surface area (Å²) in [5.74, 6) is 0.511. The van der Waals surface area contributed by atoms with E-state index in [4.69, 9.17) is 20.6 Å². The highest BCUT2D eigenvalue weighted by atomic mass is 32.1. The quantitative estimate of drug-likeness (QED) is 0.163. The summed E-state index contributed by atoms with van der Waals surface area (Å²) in [7, 11) is 1.55. The monoisotopic (exact) mass is 411 g/mol. The molecule has 0 atom stereocenters. The highest BCUT2D eigenvalue weighted by Crippen LogP contribution is 2.30. The van der Waals surface area contributed by atoms with Crippen molar-refractivity contribution in [2.24, 2.45) is 9.98 Å². The molecule has 0 fully saturated rings. The fourth-order valence-corrected chi connectivity index (χ4v) is 3.24. The van der Waals surface area contributed by atoms with Gasteiger partial charge in [0.1, 0.15) is 5.75 Å². The van der Waals surface area contributed by atoms with Gasteiger partial charge in [-0.3, -0.25) is 15.3 Å². The number of ether oxygens (including phenoxy) is 2. The van der Waals surface area contributed by atoms with Gasteiger partial charge >= 0.3 is 0 Å². The Hall–Kier alpha value is -3.07. The summed E-state index contributed by atoms with van der Waals surface area (Å²) < 4.78 is 11.3. The highest BCUT2D eigenvalue weighted by Gasteiger charge is 2.15. The molecule has 152 valence electrons. The van der Waals surface area contributed by atoms with Crippen molar-refractivity contribution in [1.82, 2.24) is 5.32 Å². The van der Waals surface area contributed by atoms with Gasteiger partial charge in [0.25, 0.3) is 0 Å². The minimum atomic E-state index is 0.176. The Balaban J connectivity index is 2.07. The fourth-order valence-electron chi connectivity index (χ4n) is 2.57. The molecule has 0 aliphatic carbocycles. The van der Waals surface area contributed by atoms with Gasteiger partial charge in [-0.2, -0.15) is 11.3 Å². The maximum atomic E-state index is 8.40. The average molecular weight is 412 g/mol. The van der Waals surface area contributed by atoms with Crippen LogP contribution in [0.25, 0.3) is 0 Å². The van der Waals surface area contributed by atoms with Gasteiger partial charge in [0.2, 0.25) is 0 Å². The van der Waals surface area contributed by atoms with E-state index in [9.17, 15) is 0 Å². The molecule has 29 heavy (non-hydrogen) atoms. The molecule has 4 N–H and O–H groups in total. The summed E-state index contributed by atoms with van der Waals surface area (Å²) in [6, 6.07) is 5.65. The van der Waals surface area contributed by atoms with Gasteiger partial charge in [0.05, 0.1) is 43.6 Å². The van der Waals surface area contributed by atoms with Crippen LogP contribution in [0.1, 0.15) is 16.7 Å². The zero-order valence-electron chi connectivity index (χ0n) is 16.4. The van der Waals surface area contributed by atoms with E-state index in [0.717, 1.165) is 12.1 Å². The molecule has 0 spiro atoms. The molecule has 0 saturated heterocycles. The molecule has 0 aliphatic heterocycles. The number of aliphatic imine (C=N–C) groups is 2. The van der Waals surface area contributed by atoms with E-state index in [2.05, 4.69) is 40.2 Å². The lowest BCUT2D eigenvalue weighted by atomic mass is 10.0. The number of nitrogens with one attached hydrogen (secondary N) is 2. The van der Waals surface area contributed by atoms with E-state index in [1.54, 1.807) is 36.7 Å². The number of methoxy groups -OCH3 is 1. The molecule has 7 nitrogen and oxygen atoms in total. The minimum Gasteiger partial charge on any atom is -0.496 e. The summed E-state index contributed by atoms with van der Waals surface area (Å²) in [5.41, 5.74) is 9.73. The van der Waals surface area contributed by atoms with Crippen molar-refractivity contribution in [2.75, 3.05) is 19.6 Å². The second kappa shape index (κ2) is 11.7. The molecule has 2 rings (SSSR count). The van der Waals surface area contributed by atoms with Gasteiger partial charge < -0.3 is 20.6 Å². The lowest BCUT2D eigenvalue weighted by Crippen LogP contribution is -2.17. The summed E-state index contributed by atoms with van der Waals surface area (Å²) in [6.45, 7) is 8.31. The maximum Gasteiger partial charge on any atom is 0.135 e. The first-order valence-electron chi connectivity index (χ1n) is 8.75. The normalized spacial score (nSPS) is 11.6. The molecule has 1 heterocycles. The van der Waals surface area contributed by atoms with Crippen molar-refractivity contribution in [3.8, 4) is 5.75 Å². The highest BCUT2D eigenvalue weighted by molar-refractivity contribution is 7.07. The van der Waals surface area contributed by atoms with Crippen LogP contribution in [-0.4, -0.2) is 33.0 Å². The van der Waals surface area contributed by atoms with Crippen LogP contribution in [0.4, 0.5) is 5.69 Å². The molecule has 1 aromatic heterocycles. The maximum absolute atomic E-state index is 8.40. The number of anilines is 1. The van der Waals surface area contributed by atoms with Crippen molar-refractivity contribution in [3.63, 3.8) is 0 Å². The van der Waals surface area contributed by atoms with Gasteiger partial charge in [-0.15, -0.1) is 0 Å². The Morgan fingerprint density at radius 3 is 2.79 bits per heavy atom. The number of nitrogens with zero attached hydrogens (tertiary/aromatic N) is 2. The smallest absolute Gasteiger partial charge is 0.135 e. The number of nitrogen functional groups attached to an aromatic ring is 1. The Morgan fingerprint density at radius 2 is 2.14 bits per heavy atom. The van der Waals surface area contributed by atoms with Gasteiger partial charge in [-0.25, -0.2) is 0 Å². The summed E-state index contributed by atoms with van der Waals surface area (Å²) in [4.78, 5) is 7.46. The minimum absolute atomic E-state index is 0.176. The number of rotatable bonds is 12. The van der Waals surface area contributed by atoms with Gasteiger partial charge in [-0.1, -0.05) is 6.07 Å². The van der Waals surface area contributed by atoms with E-state index in [-0.39, 0.29) is 5.71 Å². The van der Waals surface area contributed by atoms with Crippen LogP contribution in [0.5, 0.6) is 5.75 Å². The van der Waals surface area contributed by atoms with Crippen molar-refractivity contribution >= 4 is 36.2 Å². The SMILES string of the molecule is C=N/C=C(/C=C/C(=N)c1c(N)ccc(COCNCc2ccsc2)c1OC)N=C. The third kappa shape index (κ3) is 6.49. The molecule has 0 saturated carbocycles. The van der Waals surface area contributed by atoms with Crippen molar-refractivity contribution < 1.29 is 9.47 Å². The van der Waals surface area contributed by atoms with E-state index in [0.29, 0.717) is 36.0 Å². The first-order valence-corrected chi connectivity index (χ1v) is 9.69. The van der Waals surface area contributed by atoms with E-state index in [1.165, 1.54) is 11.8 Å². The Bertz CT molecular complexity index is 904. The number of hydrogen-bond donors (Lipinski definition) is 3. The zero-order chi connectivity index (χ0) is 21.1. The molecular weight excluding hydrogens is 386 g/mol. The summed E-state index contributed by atoms with van der Waals surface area (Å²) >= 11 is 1.66. The van der Waals surface area contributed by atoms with Crippen molar-refractivity contribution in [1.29, 1.82) is 5.41 Å². The number of hydrogen-bond acceptors (Lipinski definition) is 8. The molecule has 0 unspecified atom stereocenters. The van der Waals surface area contributed by atoms with Gasteiger partial charge in [0.15, 0.2) is 0 Å². The topological polar surface area (TPSA) is 105 Å². The van der Waals surface area contributed by atoms with Crippen LogP contribution < -0.4 is 15.8 Å². The number of benzene rings is 1. The second-order valence-corrected chi connectivity index (χ2v) is 6.70. The van der Waals surface area contributed by atoms with Gasteiger partial charge in [-0.05, 0) is 54.0 Å². The Morgan fingerprint density at radius 1 is 1.31 bits per heavy atom. The first kappa shape index (κ1) is 22.2. The Kier molecular flexibility index (Phi) is 8.97. The number of allylic oxidation sites excluding steroid dienone is 2. The van der Waals surface area contributed by atoms with Crippen LogP contribution in [0, 0.1) is 5.41 Å². The van der Waals surface area contributed by atoms with Gasteiger partial charge in [0, 0.05) is 17.8 Å². The molecule has 1 aromatic carbocycles. The molecule has 0 amide bonds. The first-order chi connectivity index (χ1) is 14.1. The zero-order valence-corrected chi connectivity index (χ0v) is 17.2. The van der Waals surface area contributed by atoms with E-state index < -0.39 is 0 Å². The number of nitrogens with two attached hydrogens (primary N) is 1. The third-order valence-corrected chi connectivity index (χ3v) is 4.67. The summed E-state index contributed by atoms with van der Waals surface area (Å²) in [6.07, 6.45) is 4.62. The lowest BCUT2D eigenvalue weighted by Gasteiger charge is -2.16. The largest absolute Gasteiger partial charge is 0.496 e. The second-order valence-electron chi connectivity index (χ2n) is 5.91. The predicted molar refractivity (Wildman–Crippen MR) is 121 cm³/mol.